The fourth-order valence-electron chi connectivity index (χ4n) is 1.81. The van der Waals surface area contributed by atoms with Gasteiger partial charge in [-0.2, -0.15) is 0 Å². The minimum Gasteiger partial charge on any atom is -0.399 e. The van der Waals surface area contributed by atoms with E-state index in [4.69, 9.17) is 5.73 Å². The highest BCUT2D eigenvalue weighted by Crippen LogP contribution is 2.19. The minimum absolute atomic E-state index is 0.0785. The van der Waals surface area contributed by atoms with Gasteiger partial charge in [-0.05, 0) is 37.5 Å². The summed E-state index contributed by atoms with van der Waals surface area (Å²) >= 11 is 0. The summed E-state index contributed by atoms with van der Waals surface area (Å²) in [7, 11) is -3.63. The van der Waals surface area contributed by atoms with E-state index in [1.807, 2.05) is 0 Å². The number of nitrogens with one attached hydrogen (secondary N) is 2. The second-order valence-corrected chi connectivity index (χ2v) is 6.75. The zero-order chi connectivity index (χ0) is 14.8. The molecule has 0 spiro atoms. The lowest BCUT2D eigenvalue weighted by Crippen LogP contribution is -2.32. The Morgan fingerprint density at radius 1 is 1.40 bits per heavy atom. The zero-order valence-corrected chi connectivity index (χ0v) is 12.2. The average molecular weight is 297 g/mol. The Labute approximate surface area is 118 Å². The standard InChI is InChI=1S/C13H19N3O3S/c1-9-2-3-10(14)8-12(9)20(18,19)15-7-6-13(17)16-11-4-5-11/h2-3,8,11,15H,4-7,14H2,1H3,(H,16,17). The second kappa shape index (κ2) is 5.80. The van der Waals surface area contributed by atoms with Crippen LogP contribution in [0.5, 0.6) is 0 Å². The summed E-state index contributed by atoms with van der Waals surface area (Å²) < 4.78 is 26.7. The number of carbonyl (C=O) groups is 1. The van der Waals surface area contributed by atoms with Crippen LogP contribution in [0.15, 0.2) is 23.1 Å². The van der Waals surface area contributed by atoms with E-state index in [0.717, 1.165) is 12.8 Å². The van der Waals surface area contributed by atoms with Crippen LogP contribution in [0.3, 0.4) is 0 Å². The van der Waals surface area contributed by atoms with Crippen molar-refractivity contribution < 1.29 is 13.2 Å². The van der Waals surface area contributed by atoms with Gasteiger partial charge >= 0.3 is 0 Å². The Kier molecular flexibility index (Phi) is 4.29. The van der Waals surface area contributed by atoms with Gasteiger partial charge in [0.25, 0.3) is 0 Å². The molecule has 1 aromatic rings. The number of sulfonamides is 1. The van der Waals surface area contributed by atoms with E-state index in [1.165, 1.54) is 6.07 Å². The molecule has 20 heavy (non-hydrogen) atoms. The molecule has 0 unspecified atom stereocenters. The van der Waals surface area contributed by atoms with E-state index in [9.17, 15) is 13.2 Å². The van der Waals surface area contributed by atoms with E-state index in [2.05, 4.69) is 10.0 Å². The van der Waals surface area contributed by atoms with Gasteiger partial charge in [0.2, 0.25) is 15.9 Å². The van der Waals surface area contributed by atoms with Gasteiger partial charge < -0.3 is 11.1 Å². The van der Waals surface area contributed by atoms with Gasteiger partial charge in [0.05, 0.1) is 4.90 Å². The Balaban J connectivity index is 1.93. The van der Waals surface area contributed by atoms with Crippen molar-refractivity contribution >= 4 is 21.6 Å². The number of anilines is 1. The molecule has 110 valence electrons. The quantitative estimate of drug-likeness (QED) is 0.666. The van der Waals surface area contributed by atoms with Crippen LogP contribution in [0, 0.1) is 6.92 Å². The third-order valence-electron chi connectivity index (χ3n) is 3.09. The molecule has 1 aliphatic carbocycles. The molecular weight excluding hydrogens is 278 g/mol. The van der Waals surface area contributed by atoms with Gasteiger partial charge in [-0.3, -0.25) is 4.79 Å². The number of benzene rings is 1. The van der Waals surface area contributed by atoms with E-state index in [-0.39, 0.29) is 29.8 Å². The molecule has 1 aliphatic rings. The van der Waals surface area contributed by atoms with Crippen LogP contribution in [-0.4, -0.2) is 26.9 Å². The molecule has 4 N–H and O–H groups in total. The topological polar surface area (TPSA) is 101 Å². The number of nitrogens with two attached hydrogens (primary N) is 1. The molecule has 0 heterocycles. The highest BCUT2D eigenvalue weighted by molar-refractivity contribution is 7.89. The largest absolute Gasteiger partial charge is 0.399 e. The first kappa shape index (κ1) is 14.8. The molecule has 1 amide bonds. The van der Waals surface area contributed by atoms with Crippen molar-refractivity contribution in [2.24, 2.45) is 0 Å². The first-order chi connectivity index (χ1) is 9.38. The molecule has 0 aromatic heterocycles. The maximum absolute atomic E-state index is 12.1. The molecule has 0 saturated heterocycles. The van der Waals surface area contributed by atoms with Crippen molar-refractivity contribution in [3.8, 4) is 0 Å². The molecule has 1 aromatic carbocycles. The summed E-state index contributed by atoms with van der Waals surface area (Å²) in [5, 5.41) is 2.81. The van der Waals surface area contributed by atoms with Crippen LogP contribution in [-0.2, 0) is 14.8 Å². The van der Waals surface area contributed by atoms with Crippen molar-refractivity contribution in [1.82, 2.24) is 10.0 Å². The van der Waals surface area contributed by atoms with Crippen LogP contribution in [0.2, 0.25) is 0 Å². The smallest absolute Gasteiger partial charge is 0.240 e. The van der Waals surface area contributed by atoms with Gasteiger partial charge in [-0.25, -0.2) is 13.1 Å². The molecule has 0 atom stereocenters. The van der Waals surface area contributed by atoms with Crippen LogP contribution >= 0.6 is 0 Å². The lowest BCUT2D eigenvalue weighted by molar-refractivity contribution is -0.121. The summed E-state index contributed by atoms with van der Waals surface area (Å²) in [6.07, 6.45) is 2.16. The molecule has 7 heteroatoms. The van der Waals surface area contributed by atoms with Crippen LogP contribution in [0.25, 0.3) is 0 Å². The zero-order valence-electron chi connectivity index (χ0n) is 11.3. The van der Waals surface area contributed by atoms with Gasteiger partial charge in [0.1, 0.15) is 0 Å². The van der Waals surface area contributed by atoms with Crippen LogP contribution in [0.4, 0.5) is 5.69 Å². The van der Waals surface area contributed by atoms with Crippen LogP contribution in [0.1, 0.15) is 24.8 Å². The SMILES string of the molecule is Cc1ccc(N)cc1S(=O)(=O)NCCC(=O)NC1CC1. The van der Waals surface area contributed by atoms with Crippen molar-refractivity contribution in [3.05, 3.63) is 23.8 Å². The van der Waals surface area contributed by atoms with Gasteiger partial charge in [0, 0.05) is 24.7 Å². The first-order valence-corrected chi connectivity index (χ1v) is 8.02. The molecule has 0 bridgehead atoms. The summed E-state index contributed by atoms with van der Waals surface area (Å²) in [4.78, 5) is 11.6. The van der Waals surface area contributed by atoms with Gasteiger partial charge in [-0.15, -0.1) is 0 Å². The molecule has 0 aliphatic heterocycles. The maximum atomic E-state index is 12.1. The number of hydrogen-bond donors (Lipinski definition) is 3. The minimum atomic E-state index is -3.63. The highest BCUT2D eigenvalue weighted by Gasteiger charge is 2.23. The monoisotopic (exact) mass is 297 g/mol. The number of nitrogen functional groups attached to an aromatic ring is 1. The van der Waals surface area contributed by atoms with Gasteiger partial charge in [0.15, 0.2) is 0 Å². The molecule has 6 nitrogen and oxygen atoms in total. The second-order valence-electron chi connectivity index (χ2n) is 5.01. The average Bonchev–Trinajstić information content (AvgIpc) is 3.15. The number of aryl methyl sites for hydroxylation is 1. The normalized spacial score (nSPS) is 15.1. The summed E-state index contributed by atoms with van der Waals surface area (Å²) in [6, 6.07) is 5.01. The van der Waals surface area contributed by atoms with Crippen LogP contribution < -0.4 is 15.8 Å². The summed E-state index contributed by atoms with van der Waals surface area (Å²) in [6.45, 7) is 1.78. The predicted octanol–water partition coefficient (Wildman–Crippen LogP) is 0.524. The summed E-state index contributed by atoms with van der Waals surface area (Å²) in [5.74, 6) is -0.125. The summed E-state index contributed by atoms with van der Waals surface area (Å²) in [5.41, 5.74) is 6.62. The number of rotatable bonds is 6. The molecular formula is C13H19N3O3S. The Morgan fingerprint density at radius 2 is 2.10 bits per heavy atom. The highest BCUT2D eigenvalue weighted by atomic mass is 32.2. The van der Waals surface area contributed by atoms with E-state index in [1.54, 1.807) is 19.1 Å². The molecule has 1 saturated carbocycles. The number of hydrogen-bond acceptors (Lipinski definition) is 4. The Morgan fingerprint density at radius 3 is 2.75 bits per heavy atom. The maximum Gasteiger partial charge on any atom is 0.240 e. The van der Waals surface area contributed by atoms with Gasteiger partial charge in [-0.1, -0.05) is 6.07 Å². The van der Waals surface area contributed by atoms with E-state index < -0.39 is 10.0 Å². The van der Waals surface area contributed by atoms with Crippen molar-refractivity contribution in [3.63, 3.8) is 0 Å². The lowest BCUT2D eigenvalue weighted by atomic mass is 10.2. The molecule has 2 rings (SSSR count). The predicted molar refractivity (Wildman–Crippen MR) is 76.6 cm³/mol. The fraction of sp³-hybridized carbons (Fsp3) is 0.462. The third-order valence-corrected chi connectivity index (χ3v) is 4.69. The molecule has 0 radical (unpaired) electrons. The molecule has 1 fully saturated rings. The number of amides is 1. The fourth-order valence-corrected chi connectivity index (χ4v) is 3.12. The van der Waals surface area contributed by atoms with E-state index in [0.29, 0.717) is 11.3 Å². The lowest BCUT2D eigenvalue weighted by Gasteiger charge is -2.10. The van der Waals surface area contributed by atoms with Crippen molar-refractivity contribution in [2.75, 3.05) is 12.3 Å². The Bertz CT molecular complexity index is 609. The van der Waals surface area contributed by atoms with Crippen molar-refractivity contribution in [1.29, 1.82) is 0 Å². The Hall–Kier alpha value is -1.60. The van der Waals surface area contributed by atoms with Crippen molar-refractivity contribution in [2.45, 2.75) is 37.1 Å². The third kappa shape index (κ3) is 3.94. The first-order valence-electron chi connectivity index (χ1n) is 6.53. The number of carbonyl (C=O) groups excluding carboxylic acids is 1. The van der Waals surface area contributed by atoms with E-state index >= 15 is 0 Å².